The first-order chi connectivity index (χ1) is 8.84. The van der Waals surface area contributed by atoms with Gasteiger partial charge in [0.15, 0.2) is 0 Å². The molecule has 0 aliphatic rings. The van der Waals surface area contributed by atoms with Gasteiger partial charge < -0.3 is 10.0 Å². The number of alkyl halides is 6. The molecule has 0 amide bonds. The molecule has 0 heterocycles. The molecule has 12 heteroatoms. The average Bonchev–Trinajstić information content (AvgIpc) is 2.17. The second-order valence-electron chi connectivity index (χ2n) is 3.67. The third kappa shape index (κ3) is 7.72. The quantitative estimate of drug-likeness (QED) is 0.253. The van der Waals surface area contributed by atoms with Crippen LogP contribution in [0.25, 0.3) is 0 Å². The van der Waals surface area contributed by atoms with Crippen molar-refractivity contribution in [3.63, 3.8) is 0 Å². The van der Waals surface area contributed by atoms with Crippen LogP contribution in [0.2, 0.25) is 0 Å². The molecule has 0 aliphatic carbocycles. The highest BCUT2D eigenvalue weighted by Crippen LogP contribution is 2.38. The Bertz CT molecular complexity index is 338. The van der Waals surface area contributed by atoms with E-state index >= 15 is 0 Å². The second kappa shape index (κ2) is 7.29. The van der Waals surface area contributed by atoms with Gasteiger partial charge >= 0.3 is 12.4 Å². The number of hydrogen-bond donors (Lipinski definition) is 0. The molecule has 20 heavy (non-hydrogen) atoms. The van der Waals surface area contributed by atoms with Gasteiger partial charge in [-0.1, -0.05) is 0 Å². The van der Waals surface area contributed by atoms with Gasteiger partial charge in [-0.3, -0.25) is 0 Å². The van der Waals surface area contributed by atoms with Crippen LogP contribution in [0, 0.1) is 0 Å². The lowest BCUT2D eigenvalue weighted by Crippen LogP contribution is -2.25. The lowest BCUT2D eigenvalue weighted by molar-refractivity contribution is -0.0575. The lowest BCUT2D eigenvalue weighted by Gasteiger charge is -2.15. The first-order valence-corrected chi connectivity index (χ1v) is 6.99. The Morgan fingerprint density at radius 1 is 0.700 bits per heavy atom. The Kier molecular flexibility index (Phi) is 7.01. The molecular formula is C8H12F6N4S2. The van der Waals surface area contributed by atoms with Crippen LogP contribution in [0.15, 0.2) is 10.2 Å². The molecule has 0 aliphatic heterocycles. The minimum absolute atomic E-state index is 0.144. The van der Waals surface area contributed by atoms with Crippen molar-refractivity contribution in [1.29, 1.82) is 0 Å². The molecule has 0 spiro atoms. The van der Waals surface area contributed by atoms with Crippen LogP contribution in [-0.2, 0) is 0 Å². The van der Waals surface area contributed by atoms with Crippen molar-refractivity contribution in [3.8, 4) is 0 Å². The van der Waals surface area contributed by atoms with Gasteiger partial charge in [-0.05, 0) is 21.6 Å². The van der Waals surface area contributed by atoms with Crippen molar-refractivity contribution in [2.75, 3.05) is 28.2 Å². The summed E-state index contributed by atoms with van der Waals surface area (Å²) in [6.07, 6.45) is -9.67. The molecule has 0 aromatic heterocycles. The SMILES string of the molecule is CN(C)/N=C(\SS/C(=N/N(C)C)C(F)(F)F)C(F)(F)F. The molecule has 0 saturated heterocycles. The van der Waals surface area contributed by atoms with E-state index in [1.54, 1.807) is 0 Å². The predicted octanol–water partition coefficient (Wildman–Crippen LogP) is 3.24. The molecule has 0 aromatic rings. The summed E-state index contributed by atoms with van der Waals surface area (Å²) in [5.74, 6) is 0. The number of halogens is 6. The number of rotatable bonds is 2. The van der Waals surface area contributed by atoms with E-state index in [0.29, 0.717) is 0 Å². The van der Waals surface area contributed by atoms with E-state index in [4.69, 9.17) is 0 Å². The van der Waals surface area contributed by atoms with Crippen LogP contribution in [0.1, 0.15) is 0 Å². The topological polar surface area (TPSA) is 31.2 Å². The van der Waals surface area contributed by atoms with Gasteiger partial charge in [0.05, 0.1) is 0 Å². The largest absolute Gasteiger partial charge is 0.442 e. The molecule has 0 aromatic carbocycles. The minimum Gasteiger partial charge on any atom is -0.302 e. The van der Waals surface area contributed by atoms with Crippen molar-refractivity contribution in [1.82, 2.24) is 10.0 Å². The maximum atomic E-state index is 12.6. The fraction of sp³-hybridized carbons (Fsp3) is 0.750. The average molecular weight is 342 g/mol. The van der Waals surface area contributed by atoms with Crippen LogP contribution in [0.5, 0.6) is 0 Å². The molecule has 0 bridgehead atoms. The zero-order chi connectivity index (χ0) is 16.1. The van der Waals surface area contributed by atoms with Gasteiger partial charge in [0.25, 0.3) is 0 Å². The highest BCUT2D eigenvalue weighted by molar-refractivity contribution is 8.87. The van der Waals surface area contributed by atoms with Crippen molar-refractivity contribution >= 4 is 31.7 Å². The van der Waals surface area contributed by atoms with Crippen molar-refractivity contribution in [2.24, 2.45) is 10.2 Å². The van der Waals surface area contributed by atoms with E-state index in [1.807, 2.05) is 0 Å². The molecule has 0 atom stereocenters. The van der Waals surface area contributed by atoms with Crippen LogP contribution >= 0.6 is 21.6 Å². The molecule has 0 fully saturated rings. The Morgan fingerprint density at radius 3 is 1.10 bits per heavy atom. The fourth-order valence-corrected chi connectivity index (χ4v) is 2.66. The highest BCUT2D eigenvalue weighted by atomic mass is 33.1. The van der Waals surface area contributed by atoms with Crippen LogP contribution in [0.3, 0.4) is 0 Å². The predicted molar refractivity (Wildman–Crippen MR) is 69.5 cm³/mol. The Labute approximate surface area is 119 Å². The van der Waals surface area contributed by atoms with Crippen LogP contribution in [-0.4, -0.2) is 60.6 Å². The van der Waals surface area contributed by atoms with Gasteiger partial charge in [0.1, 0.15) is 0 Å². The highest BCUT2D eigenvalue weighted by Gasteiger charge is 2.42. The van der Waals surface area contributed by atoms with Gasteiger partial charge in [-0.2, -0.15) is 36.5 Å². The van der Waals surface area contributed by atoms with E-state index in [-0.39, 0.29) is 21.6 Å². The lowest BCUT2D eigenvalue weighted by atomic mass is 10.7. The Hall–Kier alpha value is -0.780. The summed E-state index contributed by atoms with van der Waals surface area (Å²) in [7, 11) is 4.64. The molecule has 118 valence electrons. The first kappa shape index (κ1) is 19.2. The van der Waals surface area contributed by atoms with Gasteiger partial charge in [-0.15, -0.1) is 0 Å². The molecule has 0 radical (unpaired) electrons. The Balaban J connectivity index is 5.09. The number of nitrogens with zero attached hydrogens (tertiary/aromatic N) is 4. The summed E-state index contributed by atoms with van der Waals surface area (Å²) in [6.45, 7) is 0. The summed E-state index contributed by atoms with van der Waals surface area (Å²) in [6, 6.07) is 0. The van der Waals surface area contributed by atoms with E-state index in [0.717, 1.165) is 10.0 Å². The van der Waals surface area contributed by atoms with Crippen LogP contribution < -0.4 is 0 Å². The minimum atomic E-state index is -4.84. The summed E-state index contributed by atoms with van der Waals surface area (Å²) >= 11 is 0. The van der Waals surface area contributed by atoms with Crippen LogP contribution in [0.4, 0.5) is 26.3 Å². The van der Waals surface area contributed by atoms with E-state index < -0.39 is 22.4 Å². The molecule has 4 nitrogen and oxygen atoms in total. The molecule has 0 rings (SSSR count). The van der Waals surface area contributed by atoms with Gasteiger partial charge in [0, 0.05) is 28.2 Å². The fourth-order valence-electron chi connectivity index (χ4n) is 0.683. The van der Waals surface area contributed by atoms with Gasteiger partial charge in [-0.25, -0.2) is 0 Å². The zero-order valence-corrected chi connectivity index (χ0v) is 12.5. The summed E-state index contributed by atoms with van der Waals surface area (Å²) in [4.78, 5) is 0. The van der Waals surface area contributed by atoms with E-state index in [2.05, 4.69) is 10.2 Å². The molecule has 0 N–H and O–H groups in total. The normalized spacial score (nSPS) is 14.5. The first-order valence-electron chi connectivity index (χ1n) is 4.84. The molecule has 0 saturated carbocycles. The summed E-state index contributed by atoms with van der Waals surface area (Å²) in [5, 5.41) is 5.13. The summed E-state index contributed by atoms with van der Waals surface area (Å²) < 4.78 is 75.4. The monoisotopic (exact) mass is 342 g/mol. The van der Waals surface area contributed by atoms with Gasteiger partial charge in [0.2, 0.25) is 10.1 Å². The van der Waals surface area contributed by atoms with Crippen molar-refractivity contribution in [2.45, 2.75) is 12.4 Å². The van der Waals surface area contributed by atoms with E-state index in [1.165, 1.54) is 28.2 Å². The second-order valence-corrected chi connectivity index (χ2v) is 5.77. The number of hydrogen-bond acceptors (Lipinski definition) is 6. The third-order valence-corrected chi connectivity index (χ3v) is 3.49. The maximum absolute atomic E-state index is 12.6. The summed E-state index contributed by atoms with van der Waals surface area (Å²) in [5.41, 5.74) is 0. The zero-order valence-electron chi connectivity index (χ0n) is 10.9. The maximum Gasteiger partial charge on any atom is 0.442 e. The standard InChI is InChI=1S/C8H12F6N4S2/c1-17(2)15-5(7(9,10)11)19-20-6(8(12,13)14)16-18(3)4/h1-4H3/b15-5-,16-6+. The Morgan fingerprint density at radius 2 is 0.950 bits per heavy atom. The van der Waals surface area contributed by atoms with E-state index in [9.17, 15) is 26.3 Å². The molecule has 0 unspecified atom stereocenters. The van der Waals surface area contributed by atoms with Crippen molar-refractivity contribution in [3.05, 3.63) is 0 Å². The van der Waals surface area contributed by atoms with Crippen molar-refractivity contribution < 1.29 is 26.3 Å². The third-order valence-electron chi connectivity index (χ3n) is 1.27. The number of hydrazone groups is 2. The molecular weight excluding hydrogens is 330 g/mol. The smallest absolute Gasteiger partial charge is 0.302 e.